The van der Waals surface area contributed by atoms with Gasteiger partial charge >= 0.3 is 5.97 Å². The Kier molecular flexibility index (Phi) is 2.52. The molecule has 0 amide bonds. The van der Waals surface area contributed by atoms with Gasteiger partial charge in [0.25, 0.3) is 0 Å². The highest BCUT2D eigenvalue weighted by atomic mass is 16.4. The van der Waals surface area contributed by atoms with Crippen LogP contribution in [0.2, 0.25) is 0 Å². The van der Waals surface area contributed by atoms with E-state index in [1.807, 2.05) is 6.92 Å². The summed E-state index contributed by atoms with van der Waals surface area (Å²) in [5.41, 5.74) is -0.580. The van der Waals surface area contributed by atoms with Gasteiger partial charge in [-0.25, -0.2) is 0 Å². The van der Waals surface area contributed by atoms with Gasteiger partial charge in [0.15, 0.2) is 0 Å². The highest BCUT2D eigenvalue weighted by Crippen LogP contribution is 2.36. The molecule has 1 heterocycles. The van der Waals surface area contributed by atoms with Crippen LogP contribution in [0.4, 0.5) is 0 Å². The molecule has 1 atom stereocenters. The second-order valence-corrected chi connectivity index (χ2v) is 4.81. The van der Waals surface area contributed by atoms with Crippen LogP contribution in [0, 0.1) is 0 Å². The van der Waals surface area contributed by atoms with E-state index in [0.717, 1.165) is 19.4 Å². The fraction of sp³-hybridized carbons (Fsp3) is 0.909. The molecule has 0 radical (unpaired) electrons. The minimum absolute atomic E-state index is 0.552. The molecule has 1 aliphatic carbocycles. The molecule has 3 nitrogen and oxygen atoms in total. The summed E-state index contributed by atoms with van der Waals surface area (Å²) in [5, 5.41) is 9.29. The Morgan fingerprint density at radius 3 is 2.57 bits per heavy atom. The summed E-state index contributed by atoms with van der Waals surface area (Å²) in [5.74, 6) is -0.635. The molecule has 0 bridgehead atoms. The molecule has 2 fully saturated rings. The molecule has 0 aromatic rings. The summed E-state index contributed by atoms with van der Waals surface area (Å²) < 4.78 is 0. The van der Waals surface area contributed by atoms with Crippen molar-refractivity contribution in [1.82, 2.24) is 4.90 Å². The van der Waals surface area contributed by atoms with Crippen LogP contribution >= 0.6 is 0 Å². The maximum Gasteiger partial charge on any atom is 0.323 e. The van der Waals surface area contributed by atoms with E-state index >= 15 is 0 Å². The predicted molar refractivity (Wildman–Crippen MR) is 54.2 cm³/mol. The van der Waals surface area contributed by atoms with E-state index in [4.69, 9.17) is 0 Å². The first-order valence-corrected chi connectivity index (χ1v) is 5.65. The van der Waals surface area contributed by atoms with Crippen molar-refractivity contribution in [2.45, 2.75) is 57.0 Å². The lowest BCUT2D eigenvalue weighted by Crippen LogP contribution is -2.60. The topological polar surface area (TPSA) is 40.5 Å². The van der Waals surface area contributed by atoms with Crippen molar-refractivity contribution in [2.75, 3.05) is 6.54 Å². The van der Waals surface area contributed by atoms with Crippen molar-refractivity contribution >= 4 is 5.97 Å². The van der Waals surface area contributed by atoms with Gasteiger partial charge in [-0.2, -0.15) is 0 Å². The van der Waals surface area contributed by atoms with Crippen LogP contribution in [-0.4, -0.2) is 34.1 Å². The maximum absolute atomic E-state index is 11.3. The van der Waals surface area contributed by atoms with Crippen molar-refractivity contribution < 1.29 is 9.90 Å². The second kappa shape index (κ2) is 3.54. The fourth-order valence-corrected chi connectivity index (χ4v) is 2.66. The van der Waals surface area contributed by atoms with Gasteiger partial charge in [0.1, 0.15) is 5.54 Å². The van der Waals surface area contributed by atoms with Gasteiger partial charge in [0.2, 0.25) is 0 Å². The summed E-state index contributed by atoms with van der Waals surface area (Å²) in [6, 6.07) is 0.552. The maximum atomic E-state index is 11.3. The van der Waals surface area contributed by atoms with Crippen LogP contribution in [0.15, 0.2) is 0 Å². The summed E-state index contributed by atoms with van der Waals surface area (Å²) in [6.07, 6.45) is 6.72. The fourth-order valence-electron chi connectivity index (χ4n) is 2.66. The number of hydrogen-bond acceptors (Lipinski definition) is 2. The summed E-state index contributed by atoms with van der Waals surface area (Å²) in [6.45, 7) is 2.88. The zero-order valence-corrected chi connectivity index (χ0v) is 8.83. The first kappa shape index (κ1) is 9.97. The molecule has 0 spiro atoms. The third-order valence-electron chi connectivity index (χ3n) is 3.92. The van der Waals surface area contributed by atoms with Crippen molar-refractivity contribution in [2.24, 2.45) is 0 Å². The lowest BCUT2D eigenvalue weighted by Gasteiger charge is -2.49. The third kappa shape index (κ3) is 1.44. The van der Waals surface area contributed by atoms with E-state index in [2.05, 4.69) is 4.90 Å². The van der Waals surface area contributed by atoms with Crippen LogP contribution in [0.25, 0.3) is 0 Å². The number of hydrogen-bond donors (Lipinski definition) is 1. The minimum atomic E-state index is -0.635. The van der Waals surface area contributed by atoms with Gasteiger partial charge in [-0.15, -0.1) is 0 Å². The van der Waals surface area contributed by atoms with Crippen LogP contribution < -0.4 is 0 Å². The largest absolute Gasteiger partial charge is 0.480 e. The number of aliphatic carboxylic acids is 1. The molecule has 80 valence electrons. The molecule has 2 aliphatic rings. The number of carboxylic acids is 1. The van der Waals surface area contributed by atoms with Crippen molar-refractivity contribution in [3.63, 3.8) is 0 Å². The van der Waals surface area contributed by atoms with Crippen molar-refractivity contribution in [3.05, 3.63) is 0 Å². The Balaban J connectivity index is 2.13. The number of piperidine rings is 1. The SMILES string of the molecule is CC1(C(=O)O)CCCCN1C1CCC1. The average molecular weight is 197 g/mol. The highest BCUT2D eigenvalue weighted by Gasteiger charge is 2.45. The molecule has 0 aromatic carbocycles. The quantitative estimate of drug-likeness (QED) is 0.734. The Hall–Kier alpha value is -0.570. The molecule has 0 aromatic heterocycles. The molecule has 1 aliphatic heterocycles. The zero-order valence-electron chi connectivity index (χ0n) is 8.83. The lowest BCUT2D eigenvalue weighted by molar-refractivity contribution is -0.156. The number of carboxylic acid groups (broad SMARTS) is 1. The summed E-state index contributed by atoms with van der Waals surface area (Å²) in [7, 11) is 0. The molecule has 1 saturated carbocycles. The standard InChI is InChI=1S/C11H19NO2/c1-11(10(13)14)7-2-3-8-12(11)9-5-4-6-9/h9H,2-8H2,1H3,(H,13,14). The smallest absolute Gasteiger partial charge is 0.323 e. The second-order valence-electron chi connectivity index (χ2n) is 4.81. The number of likely N-dealkylation sites (tertiary alicyclic amines) is 1. The first-order chi connectivity index (χ1) is 6.64. The van der Waals surface area contributed by atoms with Gasteiger partial charge in [-0.05, 0) is 45.6 Å². The molecule has 1 saturated heterocycles. The van der Waals surface area contributed by atoms with Crippen LogP contribution in [0.1, 0.15) is 45.4 Å². The highest BCUT2D eigenvalue weighted by molar-refractivity contribution is 5.78. The minimum Gasteiger partial charge on any atom is -0.480 e. The summed E-state index contributed by atoms with van der Waals surface area (Å²) >= 11 is 0. The monoisotopic (exact) mass is 197 g/mol. The van der Waals surface area contributed by atoms with Crippen LogP contribution in [-0.2, 0) is 4.79 Å². The van der Waals surface area contributed by atoms with E-state index in [0.29, 0.717) is 6.04 Å². The van der Waals surface area contributed by atoms with Crippen molar-refractivity contribution in [3.8, 4) is 0 Å². The van der Waals surface area contributed by atoms with Gasteiger partial charge < -0.3 is 5.11 Å². The Labute approximate surface area is 85.1 Å². The number of rotatable bonds is 2. The Morgan fingerprint density at radius 1 is 1.36 bits per heavy atom. The normalized spacial score (nSPS) is 35.2. The van der Waals surface area contributed by atoms with Crippen LogP contribution in [0.3, 0.4) is 0 Å². The zero-order chi connectivity index (χ0) is 10.2. The third-order valence-corrected chi connectivity index (χ3v) is 3.92. The van der Waals surface area contributed by atoms with Crippen LogP contribution in [0.5, 0.6) is 0 Å². The van der Waals surface area contributed by atoms with Crippen molar-refractivity contribution in [1.29, 1.82) is 0 Å². The molecule has 1 N–H and O–H groups in total. The molecule has 14 heavy (non-hydrogen) atoms. The predicted octanol–water partition coefficient (Wildman–Crippen LogP) is 1.87. The number of carbonyl (C=O) groups is 1. The molecular weight excluding hydrogens is 178 g/mol. The van der Waals surface area contributed by atoms with Gasteiger partial charge in [0.05, 0.1) is 0 Å². The van der Waals surface area contributed by atoms with Gasteiger partial charge in [0, 0.05) is 6.04 Å². The Morgan fingerprint density at radius 2 is 2.07 bits per heavy atom. The van der Waals surface area contributed by atoms with Gasteiger partial charge in [-0.3, -0.25) is 9.69 Å². The van der Waals surface area contributed by atoms with E-state index in [1.54, 1.807) is 0 Å². The van der Waals surface area contributed by atoms with E-state index in [1.165, 1.54) is 25.7 Å². The molecule has 3 heteroatoms. The molecule has 1 unspecified atom stereocenters. The number of nitrogens with zero attached hydrogens (tertiary/aromatic N) is 1. The van der Waals surface area contributed by atoms with E-state index < -0.39 is 11.5 Å². The van der Waals surface area contributed by atoms with Gasteiger partial charge in [-0.1, -0.05) is 6.42 Å². The molecular formula is C11H19NO2. The Bertz CT molecular complexity index is 237. The first-order valence-electron chi connectivity index (χ1n) is 5.65. The summed E-state index contributed by atoms with van der Waals surface area (Å²) in [4.78, 5) is 13.5. The van der Waals surface area contributed by atoms with E-state index in [-0.39, 0.29) is 0 Å². The average Bonchev–Trinajstić information content (AvgIpc) is 2.05. The molecule has 2 rings (SSSR count). The lowest BCUT2D eigenvalue weighted by atomic mass is 9.81. The van der Waals surface area contributed by atoms with E-state index in [9.17, 15) is 9.90 Å².